The second-order valence-corrected chi connectivity index (χ2v) is 41.6. The van der Waals surface area contributed by atoms with E-state index in [2.05, 4.69) is 134 Å². The summed E-state index contributed by atoms with van der Waals surface area (Å²) in [6, 6.07) is 31.0. The molecule has 12 saturated carbocycles. The summed E-state index contributed by atoms with van der Waals surface area (Å²) in [5, 5.41) is 56.7. The fourth-order valence-electron chi connectivity index (χ4n) is 19.9. The zero-order chi connectivity index (χ0) is 76.1. The molecule has 3 saturated heterocycles. The second kappa shape index (κ2) is 37.4. The maximum Gasteiger partial charge on any atom is 0.415 e. The molecule has 0 radical (unpaired) electrons. The van der Waals surface area contributed by atoms with Gasteiger partial charge in [-0.15, -0.1) is 0 Å². The van der Waals surface area contributed by atoms with E-state index in [1.165, 1.54) is 69.1 Å². The molecular weight excluding hydrogens is 1520 g/mol. The fraction of sp³-hybridized carbons (Fsp3) is 0.716. The van der Waals surface area contributed by atoms with Gasteiger partial charge in [-0.2, -0.15) is 39.3 Å². The van der Waals surface area contributed by atoms with Crippen LogP contribution in [-0.4, -0.2) is 147 Å². The minimum absolute atomic E-state index is 0.143. The number of aliphatic hydroxyl groups is 3. The van der Waals surface area contributed by atoms with Crippen LogP contribution in [0.4, 0.5) is 26.3 Å². The average molecular weight is 1620 g/mol. The fourth-order valence-corrected chi connectivity index (χ4v) is 26.6. The van der Waals surface area contributed by atoms with Gasteiger partial charge in [0.15, 0.2) is 14.7 Å². The van der Waals surface area contributed by atoms with Crippen molar-refractivity contribution in [3.63, 3.8) is 0 Å². The van der Waals surface area contributed by atoms with Crippen molar-refractivity contribution >= 4 is 86.7 Å². The second-order valence-electron chi connectivity index (χ2n) is 32.4. The first-order valence-electron chi connectivity index (χ1n) is 36.4. The number of hydrogen-bond donors (Lipinski definition) is 3. The Balaban J connectivity index is 0.000000138. The number of alkyl halides is 6. The average Bonchev–Trinajstić information content (AvgIpc) is 0.743. The molecular formula is C74H100F6O20S6. The zero-order valence-corrected chi connectivity index (χ0v) is 65.0. The molecule has 20 nitrogen and oxygen atoms in total. The van der Waals surface area contributed by atoms with E-state index in [1.54, 1.807) is 4.90 Å². The van der Waals surface area contributed by atoms with Crippen LogP contribution in [0.15, 0.2) is 99.6 Å². The van der Waals surface area contributed by atoms with Gasteiger partial charge in [-0.1, -0.05) is 69.3 Å². The van der Waals surface area contributed by atoms with Crippen LogP contribution < -0.4 is 15.8 Å². The minimum atomic E-state index is -4.01. The number of hydrogen-bond acceptors (Lipinski definition) is 23. The van der Waals surface area contributed by atoms with E-state index in [9.17, 15) is 71.8 Å². The molecule has 3 N–H and O–H groups in total. The number of benzene rings is 3. The van der Waals surface area contributed by atoms with Gasteiger partial charge in [-0.05, 0) is 218 Å². The molecule has 106 heavy (non-hydrogen) atoms. The van der Waals surface area contributed by atoms with Crippen molar-refractivity contribution in [1.29, 1.82) is 0 Å². The highest BCUT2D eigenvalue weighted by molar-refractivity contribution is 7.98. The van der Waals surface area contributed by atoms with Gasteiger partial charge in [0.05, 0.1) is 63.1 Å². The zero-order valence-electron chi connectivity index (χ0n) is 60.1. The molecule has 6 atom stereocenters. The largest absolute Gasteiger partial charge is 0.691 e. The molecule has 0 amide bonds. The van der Waals surface area contributed by atoms with E-state index in [0.29, 0.717) is 87.5 Å². The van der Waals surface area contributed by atoms with Crippen LogP contribution in [0.1, 0.15) is 161 Å². The molecule has 3 aliphatic heterocycles. The topological polar surface area (TPSA) is 283 Å². The number of halogens is 6. The molecule has 0 aromatic heterocycles. The Morgan fingerprint density at radius 3 is 0.962 bits per heavy atom. The monoisotopic (exact) mass is 1610 g/mol. The predicted octanol–water partition coefficient (Wildman–Crippen LogP) is 11.5. The Labute approximate surface area is 637 Å². The molecule has 15 fully saturated rings. The van der Waals surface area contributed by atoms with Crippen LogP contribution in [-0.2, 0) is 104 Å². The highest BCUT2D eigenvalue weighted by atomic mass is 32.2. The van der Waals surface area contributed by atoms with Crippen LogP contribution in [0, 0.1) is 51.8 Å². The van der Waals surface area contributed by atoms with E-state index in [4.69, 9.17) is 23.7 Å². The van der Waals surface area contributed by atoms with Gasteiger partial charge >= 0.3 is 33.7 Å². The van der Waals surface area contributed by atoms with Crippen molar-refractivity contribution in [3.05, 3.63) is 90.5 Å². The summed E-state index contributed by atoms with van der Waals surface area (Å²) in [7, 11) is 1.49. The normalized spacial score (nSPS) is 32.1. The lowest BCUT2D eigenvalue weighted by atomic mass is 9.48. The molecule has 15 aliphatic rings. The summed E-state index contributed by atoms with van der Waals surface area (Å²) in [5.74, 6) is 4.63. The van der Waals surface area contributed by atoms with Gasteiger partial charge in [0.25, 0.3) is 0 Å². The highest BCUT2D eigenvalue weighted by Gasteiger charge is 2.61. The summed E-state index contributed by atoms with van der Waals surface area (Å²) in [6.45, 7) is 10.1. The van der Waals surface area contributed by atoms with Gasteiger partial charge in [0, 0.05) is 48.9 Å². The first kappa shape index (κ1) is 85.6. The van der Waals surface area contributed by atoms with Crippen LogP contribution in [0.25, 0.3) is 0 Å². The number of carbonyl (C=O) groups excluding carboxylic acids is 3. The lowest BCUT2D eigenvalue weighted by Crippen LogP contribution is -2.57. The summed E-state index contributed by atoms with van der Waals surface area (Å²) in [6.07, 6.45) is 18.2. The van der Waals surface area contributed by atoms with Gasteiger partial charge in [0.1, 0.15) is 70.6 Å². The van der Waals surface area contributed by atoms with E-state index in [0.717, 1.165) is 123 Å². The molecule has 594 valence electrons. The predicted molar refractivity (Wildman–Crippen MR) is 383 cm³/mol. The van der Waals surface area contributed by atoms with Crippen molar-refractivity contribution in [2.24, 2.45) is 51.8 Å². The Morgan fingerprint density at radius 2 is 0.698 bits per heavy atom. The molecule has 0 spiro atoms. The van der Waals surface area contributed by atoms with Gasteiger partial charge in [-0.25, -0.2) is 14.4 Å². The van der Waals surface area contributed by atoms with Crippen LogP contribution in [0.3, 0.4) is 0 Å². The third-order valence-electron chi connectivity index (χ3n) is 22.6. The van der Waals surface area contributed by atoms with Crippen molar-refractivity contribution in [3.8, 4) is 0 Å². The molecule has 12 bridgehead atoms. The number of ether oxygens (including phenoxy) is 5. The molecule has 3 aromatic carbocycles. The Bertz CT molecular complexity index is 2970. The minimum Gasteiger partial charge on any atom is -0.691 e. The maximum absolute atomic E-state index is 13.3. The highest BCUT2D eigenvalue weighted by Crippen LogP contribution is 2.64. The van der Waals surface area contributed by atoms with Crippen LogP contribution in [0.2, 0.25) is 0 Å². The van der Waals surface area contributed by atoms with E-state index in [-0.39, 0.29) is 25.2 Å². The first-order valence-corrected chi connectivity index (χ1v) is 43.3. The third-order valence-corrected chi connectivity index (χ3v) is 31.1. The lowest BCUT2D eigenvalue weighted by molar-refractivity contribution is -0.777. The lowest BCUT2D eigenvalue weighted by Gasteiger charge is -2.59. The Kier molecular flexibility index (Phi) is 30.2. The summed E-state index contributed by atoms with van der Waals surface area (Å²) in [5.41, 5.74) is -1.78. The molecule has 12 aliphatic carbocycles. The molecule has 3 heterocycles. The van der Waals surface area contributed by atoms with E-state index in [1.807, 2.05) is 0 Å². The van der Waals surface area contributed by atoms with Crippen molar-refractivity contribution in [1.82, 2.24) is 0 Å². The molecule has 32 heteroatoms. The first-order chi connectivity index (χ1) is 50.3. The van der Waals surface area contributed by atoms with Crippen molar-refractivity contribution in [2.45, 2.75) is 208 Å². The number of esters is 3. The Morgan fingerprint density at radius 1 is 0.425 bits per heavy atom. The SMILES string of the molecule is CC(C)(C)c1ccc([S+]2CCOCC2)cc1.O=C(OCC12CC3CC(CC(O)(C3)C1)C2)C(F)(F)SOO[O-].O=C(OCC12CC3CC(CC(O)(C3)C1)C2)C(F)(F)SOO[O-].O=C(OCC12CC3CC(CC(O)(C3)C1)C2)C(F)(F)SOO[O-].c1ccc([S+]2CCCCC2)cc1.c1ccc([S+]2CCOCC2)cc1. The van der Waals surface area contributed by atoms with Crippen molar-refractivity contribution in [2.75, 3.05) is 80.8 Å². The molecule has 18 rings (SSSR count). The summed E-state index contributed by atoms with van der Waals surface area (Å²) < 4.78 is 116. The quantitative estimate of drug-likeness (QED) is 0.0170. The van der Waals surface area contributed by atoms with Crippen LogP contribution in [0.5, 0.6) is 0 Å². The van der Waals surface area contributed by atoms with E-state index < -0.39 is 103 Å². The third kappa shape index (κ3) is 23.9. The molecule has 6 unspecified atom stereocenters. The maximum atomic E-state index is 13.3. The van der Waals surface area contributed by atoms with Gasteiger partial charge < -0.3 is 54.8 Å². The smallest absolute Gasteiger partial charge is 0.415 e. The summed E-state index contributed by atoms with van der Waals surface area (Å²) >= 11 is -2.07. The molecule has 3 aromatic rings. The van der Waals surface area contributed by atoms with Crippen LogP contribution >= 0.6 is 36.1 Å². The van der Waals surface area contributed by atoms with E-state index >= 15 is 0 Å². The van der Waals surface area contributed by atoms with Crippen molar-refractivity contribution < 1.29 is 124 Å². The van der Waals surface area contributed by atoms with Gasteiger partial charge in [0.2, 0.25) is 0 Å². The number of rotatable bonds is 21. The number of carbonyl (C=O) groups is 3. The Hall–Kier alpha value is -2.81. The summed E-state index contributed by atoms with van der Waals surface area (Å²) in [4.78, 5) is 38.9. The standard InChI is InChI=1S/C14H21OS.3C13H18F2O6S.C11H15S.C10H13OS/c1-14(2,3)12-4-6-13(7-5-12)16-10-8-15-9-11-16;3*14-13(15,22-21-20-18)10(16)19-7-11-2-8-1-9(3-11)5-12(17,4-8)6-11;1-3-7-11(8-4-1)12-9-5-2-6-10-12;1-2-4-10(5-3-1)12-8-6-11-7-9-12/h4-7H,8-11H2,1-3H3;3*8-9,17-18H,1-7H2;1,3-4,7-8H,2,5-6,9-10H2;1-5H,6-9H2/q+1;;;;2*+1/p-3. The van der Waals surface area contributed by atoms with Gasteiger partial charge in [-0.3, -0.25) is 15.1 Å².